The fourth-order valence-corrected chi connectivity index (χ4v) is 2.95. The number of pyridine rings is 1. The molecule has 0 unspecified atom stereocenters. The predicted octanol–water partition coefficient (Wildman–Crippen LogP) is 4.67. The zero-order valence-electron chi connectivity index (χ0n) is 11.3. The molecule has 3 nitrogen and oxygen atoms in total. The Morgan fingerprint density at radius 3 is 2.48 bits per heavy atom. The SMILES string of the molecule is Cc1c(-c2ccccc2)nc2c(Br)cccc2c1C(=O)O. The Morgan fingerprint density at radius 2 is 1.81 bits per heavy atom. The third-order valence-electron chi connectivity index (χ3n) is 3.47. The number of rotatable bonds is 2. The number of benzene rings is 2. The number of carboxylic acids is 1. The van der Waals surface area contributed by atoms with Gasteiger partial charge in [-0.2, -0.15) is 0 Å². The van der Waals surface area contributed by atoms with Crippen molar-refractivity contribution in [3.63, 3.8) is 0 Å². The maximum atomic E-state index is 11.7. The molecule has 3 rings (SSSR count). The van der Waals surface area contributed by atoms with Gasteiger partial charge < -0.3 is 5.11 Å². The normalized spacial score (nSPS) is 10.8. The lowest BCUT2D eigenvalue weighted by molar-refractivity contribution is 0.0698. The molecule has 0 saturated carbocycles. The van der Waals surface area contributed by atoms with Crippen molar-refractivity contribution in [1.82, 2.24) is 4.98 Å². The quantitative estimate of drug-likeness (QED) is 0.736. The van der Waals surface area contributed by atoms with E-state index in [1.807, 2.05) is 42.5 Å². The number of carboxylic acid groups (broad SMARTS) is 1. The summed E-state index contributed by atoms with van der Waals surface area (Å²) < 4.78 is 0.791. The number of hydrogen-bond donors (Lipinski definition) is 1. The number of nitrogens with zero attached hydrogens (tertiary/aromatic N) is 1. The summed E-state index contributed by atoms with van der Waals surface area (Å²) in [6, 6.07) is 15.1. The van der Waals surface area contributed by atoms with Crippen molar-refractivity contribution in [2.24, 2.45) is 0 Å². The van der Waals surface area contributed by atoms with Crippen LogP contribution in [0.1, 0.15) is 15.9 Å². The van der Waals surface area contributed by atoms with E-state index in [4.69, 9.17) is 0 Å². The van der Waals surface area contributed by atoms with E-state index >= 15 is 0 Å². The minimum absolute atomic E-state index is 0.306. The van der Waals surface area contributed by atoms with Gasteiger partial charge in [0.05, 0.1) is 16.8 Å². The number of aromatic nitrogens is 1. The van der Waals surface area contributed by atoms with E-state index in [-0.39, 0.29) is 0 Å². The van der Waals surface area contributed by atoms with Gasteiger partial charge in [0.1, 0.15) is 0 Å². The topological polar surface area (TPSA) is 50.2 Å². The van der Waals surface area contributed by atoms with Crippen molar-refractivity contribution in [3.8, 4) is 11.3 Å². The highest BCUT2D eigenvalue weighted by atomic mass is 79.9. The minimum atomic E-state index is -0.935. The summed E-state index contributed by atoms with van der Waals surface area (Å²) >= 11 is 3.46. The van der Waals surface area contributed by atoms with Gasteiger partial charge in [-0.05, 0) is 34.5 Å². The van der Waals surface area contributed by atoms with Gasteiger partial charge in [0.25, 0.3) is 0 Å². The first-order valence-corrected chi connectivity index (χ1v) is 7.26. The van der Waals surface area contributed by atoms with Crippen LogP contribution in [0.3, 0.4) is 0 Å². The van der Waals surface area contributed by atoms with Crippen LogP contribution >= 0.6 is 15.9 Å². The van der Waals surface area contributed by atoms with E-state index in [1.54, 1.807) is 13.0 Å². The molecule has 2 aromatic carbocycles. The number of aromatic carboxylic acids is 1. The molecule has 1 aromatic heterocycles. The standard InChI is InChI=1S/C17H12BrNO2/c1-10-14(17(20)21)12-8-5-9-13(18)16(12)19-15(10)11-6-3-2-4-7-11/h2-9H,1H3,(H,20,21). The molecule has 0 aliphatic carbocycles. The van der Waals surface area contributed by atoms with E-state index in [0.29, 0.717) is 27.7 Å². The first-order chi connectivity index (χ1) is 10.1. The summed E-state index contributed by atoms with van der Waals surface area (Å²) in [5.74, 6) is -0.935. The van der Waals surface area contributed by atoms with Crippen LogP contribution in [0.5, 0.6) is 0 Å². The summed E-state index contributed by atoms with van der Waals surface area (Å²) in [6.07, 6.45) is 0. The van der Waals surface area contributed by atoms with Gasteiger partial charge in [-0.3, -0.25) is 0 Å². The van der Waals surface area contributed by atoms with E-state index in [9.17, 15) is 9.90 Å². The molecule has 1 heterocycles. The Hall–Kier alpha value is -2.20. The Morgan fingerprint density at radius 1 is 1.10 bits per heavy atom. The monoisotopic (exact) mass is 341 g/mol. The number of carbonyl (C=O) groups is 1. The Bertz CT molecular complexity index is 844. The van der Waals surface area contributed by atoms with Crippen LogP contribution in [-0.4, -0.2) is 16.1 Å². The number of para-hydroxylation sites is 1. The Balaban J connectivity index is 2.45. The molecule has 0 aliphatic rings. The molecule has 0 fully saturated rings. The van der Waals surface area contributed by atoms with Gasteiger partial charge in [-0.1, -0.05) is 42.5 Å². The second-order valence-electron chi connectivity index (χ2n) is 4.77. The summed E-state index contributed by atoms with van der Waals surface area (Å²) in [6.45, 7) is 1.80. The zero-order valence-corrected chi connectivity index (χ0v) is 12.9. The average molecular weight is 342 g/mol. The van der Waals surface area contributed by atoms with E-state index in [1.165, 1.54) is 0 Å². The van der Waals surface area contributed by atoms with Crippen LogP contribution in [-0.2, 0) is 0 Å². The van der Waals surface area contributed by atoms with Crippen LogP contribution in [0.4, 0.5) is 0 Å². The van der Waals surface area contributed by atoms with Gasteiger partial charge in [0.15, 0.2) is 0 Å². The highest BCUT2D eigenvalue weighted by Crippen LogP contribution is 2.32. The average Bonchev–Trinajstić information content (AvgIpc) is 2.47. The largest absolute Gasteiger partial charge is 0.478 e. The van der Waals surface area contributed by atoms with E-state index < -0.39 is 5.97 Å². The number of hydrogen-bond acceptors (Lipinski definition) is 2. The van der Waals surface area contributed by atoms with Gasteiger partial charge in [0, 0.05) is 15.4 Å². The van der Waals surface area contributed by atoms with Crippen molar-refractivity contribution in [2.45, 2.75) is 6.92 Å². The highest BCUT2D eigenvalue weighted by molar-refractivity contribution is 9.10. The van der Waals surface area contributed by atoms with Crippen molar-refractivity contribution < 1.29 is 9.90 Å². The van der Waals surface area contributed by atoms with Gasteiger partial charge in [-0.15, -0.1) is 0 Å². The summed E-state index contributed by atoms with van der Waals surface area (Å²) in [7, 11) is 0. The maximum absolute atomic E-state index is 11.7. The van der Waals surface area contributed by atoms with Crippen LogP contribution in [0.2, 0.25) is 0 Å². The highest BCUT2D eigenvalue weighted by Gasteiger charge is 2.19. The third-order valence-corrected chi connectivity index (χ3v) is 4.11. The molecule has 1 N–H and O–H groups in total. The van der Waals surface area contributed by atoms with E-state index in [0.717, 1.165) is 10.0 Å². The Labute approximate surface area is 130 Å². The number of halogens is 1. The summed E-state index contributed by atoms with van der Waals surface area (Å²) in [5.41, 5.74) is 3.27. The molecule has 0 aliphatic heterocycles. The van der Waals surface area contributed by atoms with Crippen molar-refractivity contribution in [1.29, 1.82) is 0 Å². The smallest absolute Gasteiger partial charge is 0.336 e. The molecule has 0 bridgehead atoms. The Kier molecular flexibility index (Phi) is 3.47. The zero-order chi connectivity index (χ0) is 15.0. The van der Waals surface area contributed by atoms with Gasteiger partial charge in [0.2, 0.25) is 0 Å². The van der Waals surface area contributed by atoms with Crippen molar-refractivity contribution >= 4 is 32.8 Å². The molecule has 104 valence electrons. The molecule has 0 radical (unpaired) electrons. The van der Waals surface area contributed by atoms with Crippen LogP contribution < -0.4 is 0 Å². The fourth-order valence-electron chi connectivity index (χ4n) is 2.50. The lowest BCUT2D eigenvalue weighted by Gasteiger charge is -2.12. The van der Waals surface area contributed by atoms with Crippen molar-refractivity contribution in [2.75, 3.05) is 0 Å². The van der Waals surface area contributed by atoms with Crippen LogP contribution in [0.15, 0.2) is 53.0 Å². The van der Waals surface area contributed by atoms with E-state index in [2.05, 4.69) is 20.9 Å². The summed E-state index contributed by atoms with van der Waals surface area (Å²) in [4.78, 5) is 16.4. The van der Waals surface area contributed by atoms with Gasteiger partial charge in [-0.25, -0.2) is 9.78 Å². The molecule has 0 atom stereocenters. The third kappa shape index (κ3) is 2.32. The predicted molar refractivity (Wildman–Crippen MR) is 86.6 cm³/mol. The van der Waals surface area contributed by atoms with Crippen LogP contribution in [0.25, 0.3) is 22.2 Å². The first kappa shape index (κ1) is 13.8. The first-order valence-electron chi connectivity index (χ1n) is 6.47. The lowest BCUT2D eigenvalue weighted by atomic mass is 9.98. The minimum Gasteiger partial charge on any atom is -0.478 e. The fraction of sp³-hybridized carbons (Fsp3) is 0.0588. The molecule has 0 saturated heterocycles. The van der Waals surface area contributed by atoms with Crippen LogP contribution in [0, 0.1) is 6.92 Å². The molecule has 21 heavy (non-hydrogen) atoms. The molecule has 3 aromatic rings. The molecule has 4 heteroatoms. The molecular formula is C17H12BrNO2. The maximum Gasteiger partial charge on any atom is 0.336 e. The second kappa shape index (κ2) is 5.30. The van der Waals surface area contributed by atoms with Crippen molar-refractivity contribution in [3.05, 3.63) is 64.1 Å². The lowest BCUT2D eigenvalue weighted by Crippen LogP contribution is -2.05. The molecular weight excluding hydrogens is 330 g/mol. The second-order valence-corrected chi connectivity index (χ2v) is 5.62. The molecule has 0 spiro atoms. The molecule has 0 amide bonds. The van der Waals surface area contributed by atoms with Gasteiger partial charge >= 0.3 is 5.97 Å². The number of fused-ring (bicyclic) bond motifs is 1. The summed E-state index contributed by atoms with van der Waals surface area (Å²) in [5, 5.41) is 10.2.